The van der Waals surface area contributed by atoms with Crippen molar-refractivity contribution in [2.24, 2.45) is 0 Å². The molecular weight excluding hydrogens is 498 g/mol. The molecule has 2 heterocycles. The van der Waals surface area contributed by atoms with Crippen LogP contribution in [0.15, 0.2) is 71.6 Å². The Hall–Kier alpha value is -3.76. The van der Waals surface area contributed by atoms with E-state index < -0.39 is 21.7 Å². The number of aromatic nitrogens is 2. The van der Waals surface area contributed by atoms with E-state index in [2.05, 4.69) is 4.72 Å². The molecule has 0 aliphatic carbocycles. The zero-order valence-corrected chi connectivity index (χ0v) is 20.6. The molecule has 10 heteroatoms. The number of amides is 1. The molecule has 0 spiro atoms. The van der Waals surface area contributed by atoms with Gasteiger partial charge in [0.25, 0.3) is 0 Å². The molecule has 190 valence electrons. The molecule has 1 aromatic heterocycles. The number of benzene rings is 3. The van der Waals surface area contributed by atoms with Gasteiger partial charge in [-0.05, 0) is 79.6 Å². The Kier molecular flexibility index (Phi) is 6.94. The summed E-state index contributed by atoms with van der Waals surface area (Å²) < 4.78 is 55.5. The van der Waals surface area contributed by atoms with Crippen LogP contribution in [0, 0.1) is 11.6 Å². The van der Waals surface area contributed by atoms with E-state index in [-0.39, 0.29) is 17.3 Å². The van der Waals surface area contributed by atoms with Crippen LogP contribution in [0.4, 0.5) is 8.78 Å². The fourth-order valence-electron chi connectivity index (χ4n) is 4.32. The highest BCUT2D eigenvalue weighted by molar-refractivity contribution is 7.89. The highest BCUT2D eigenvalue weighted by Crippen LogP contribution is 2.32. The Morgan fingerprint density at radius 1 is 0.838 bits per heavy atom. The molecule has 1 fully saturated rings. The largest absolute Gasteiger partial charge is 0.343 e. The number of likely N-dealkylation sites (tertiary alicyclic amines) is 1. The first-order valence-electron chi connectivity index (χ1n) is 11.9. The minimum Gasteiger partial charge on any atom is -0.343 e. The minimum atomic E-state index is -3.82. The lowest BCUT2D eigenvalue weighted by atomic mass is 10.0. The zero-order valence-electron chi connectivity index (χ0n) is 19.8. The number of carbonyl (C=O) groups excluding carboxylic acids is 1. The third-order valence-corrected chi connectivity index (χ3v) is 7.71. The van der Waals surface area contributed by atoms with Crippen LogP contribution >= 0.6 is 0 Å². The van der Waals surface area contributed by atoms with E-state index in [0.717, 1.165) is 6.42 Å². The molecule has 0 bridgehead atoms. The van der Waals surface area contributed by atoms with E-state index in [1.165, 1.54) is 36.4 Å². The first kappa shape index (κ1) is 24.9. The molecule has 1 saturated heterocycles. The van der Waals surface area contributed by atoms with Gasteiger partial charge in [0.05, 0.1) is 27.3 Å². The lowest BCUT2D eigenvalue weighted by Gasteiger charge is -2.15. The maximum Gasteiger partial charge on any atom is 0.240 e. The molecule has 1 aliphatic heterocycles. The van der Waals surface area contributed by atoms with Crippen LogP contribution in [-0.4, -0.2) is 48.8 Å². The molecule has 5 rings (SSSR count). The number of rotatable bonds is 8. The monoisotopic (exact) mass is 522 g/mol. The maximum absolute atomic E-state index is 13.6. The summed E-state index contributed by atoms with van der Waals surface area (Å²) >= 11 is 0. The quantitative estimate of drug-likeness (QED) is 0.343. The number of hydrogen-bond acceptors (Lipinski definition) is 5. The van der Waals surface area contributed by atoms with Crippen molar-refractivity contribution >= 4 is 27.0 Å². The topological polar surface area (TPSA) is 92.3 Å². The van der Waals surface area contributed by atoms with Gasteiger partial charge in [-0.3, -0.25) is 4.79 Å². The third kappa shape index (κ3) is 5.50. The van der Waals surface area contributed by atoms with Gasteiger partial charge in [-0.25, -0.2) is 31.9 Å². The van der Waals surface area contributed by atoms with Gasteiger partial charge in [-0.1, -0.05) is 0 Å². The molecule has 0 unspecified atom stereocenters. The van der Waals surface area contributed by atoms with Gasteiger partial charge >= 0.3 is 0 Å². The summed E-state index contributed by atoms with van der Waals surface area (Å²) in [6.45, 7) is 1.42. The first-order valence-corrected chi connectivity index (χ1v) is 13.4. The summed E-state index contributed by atoms with van der Waals surface area (Å²) in [5.74, 6) is -0.697. The maximum atomic E-state index is 13.6. The fourth-order valence-corrected chi connectivity index (χ4v) is 5.41. The molecule has 1 amide bonds. The van der Waals surface area contributed by atoms with Crippen LogP contribution in [0.25, 0.3) is 33.5 Å². The van der Waals surface area contributed by atoms with Crippen LogP contribution in [0.3, 0.4) is 0 Å². The molecule has 0 atom stereocenters. The van der Waals surface area contributed by atoms with Crippen LogP contribution < -0.4 is 4.72 Å². The number of halogens is 2. The molecule has 1 N–H and O–H groups in total. The number of nitrogens with zero attached hydrogens (tertiary/aromatic N) is 3. The second-order valence-electron chi connectivity index (χ2n) is 8.82. The summed E-state index contributed by atoms with van der Waals surface area (Å²) in [5.41, 5.74) is 2.87. The van der Waals surface area contributed by atoms with Crippen molar-refractivity contribution in [3.8, 4) is 22.5 Å². The van der Waals surface area contributed by atoms with Crippen molar-refractivity contribution < 1.29 is 22.0 Å². The predicted octanol–water partition coefficient (Wildman–Crippen LogP) is 4.53. The van der Waals surface area contributed by atoms with Crippen molar-refractivity contribution in [1.29, 1.82) is 0 Å². The van der Waals surface area contributed by atoms with Gasteiger partial charge < -0.3 is 4.90 Å². The first-order chi connectivity index (χ1) is 17.8. The Labute approximate surface area is 213 Å². The molecule has 7 nitrogen and oxygen atoms in total. The fraction of sp³-hybridized carbons (Fsp3) is 0.222. The summed E-state index contributed by atoms with van der Waals surface area (Å²) in [6, 6.07) is 16.0. The number of hydrogen-bond donors (Lipinski definition) is 1. The van der Waals surface area contributed by atoms with E-state index in [4.69, 9.17) is 9.97 Å². The second kappa shape index (κ2) is 10.3. The number of carbonyl (C=O) groups is 1. The average molecular weight is 523 g/mol. The standard InChI is InChI=1S/C27H24F2N4O3S/c28-20-8-4-18(5-9-20)26-27(19-6-10-21(29)11-7-19)32-24-17-22(12-13-23(24)31-26)37(35,36)30-14-2-16-33-15-1-3-25(33)34/h4-13,17,30H,1-3,14-16H2. The lowest BCUT2D eigenvalue weighted by Crippen LogP contribution is -2.30. The average Bonchev–Trinajstić information content (AvgIpc) is 3.31. The van der Waals surface area contributed by atoms with Gasteiger partial charge in [0.15, 0.2) is 0 Å². The Bertz CT molecular complexity index is 1560. The van der Waals surface area contributed by atoms with Gasteiger partial charge in [0.1, 0.15) is 11.6 Å². The van der Waals surface area contributed by atoms with Crippen LogP contribution in [0.2, 0.25) is 0 Å². The molecule has 3 aromatic carbocycles. The van der Waals surface area contributed by atoms with E-state index in [1.54, 1.807) is 35.2 Å². The molecule has 1 aliphatic rings. The van der Waals surface area contributed by atoms with Gasteiger partial charge in [-0.2, -0.15) is 0 Å². The van der Waals surface area contributed by atoms with Crippen LogP contribution in [0.5, 0.6) is 0 Å². The SMILES string of the molecule is O=C1CCCN1CCCNS(=O)(=O)c1ccc2nc(-c3ccc(F)cc3)c(-c3ccc(F)cc3)nc2c1. The Morgan fingerprint density at radius 3 is 2.00 bits per heavy atom. The smallest absolute Gasteiger partial charge is 0.240 e. The summed E-state index contributed by atoms with van der Waals surface area (Å²) in [5, 5.41) is 0. The summed E-state index contributed by atoms with van der Waals surface area (Å²) in [7, 11) is -3.82. The van der Waals surface area contributed by atoms with Crippen LogP contribution in [0.1, 0.15) is 19.3 Å². The van der Waals surface area contributed by atoms with Gasteiger partial charge in [0.2, 0.25) is 15.9 Å². The highest BCUT2D eigenvalue weighted by Gasteiger charge is 2.21. The van der Waals surface area contributed by atoms with E-state index in [0.29, 0.717) is 59.5 Å². The number of fused-ring (bicyclic) bond motifs is 1. The van der Waals surface area contributed by atoms with E-state index in [9.17, 15) is 22.0 Å². The van der Waals surface area contributed by atoms with Crippen molar-refractivity contribution in [2.45, 2.75) is 24.2 Å². The Morgan fingerprint density at radius 2 is 1.43 bits per heavy atom. The predicted molar refractivity (Wildman–Crippen MR) is 136 cm³/mol. The van der Waals surface area contributed by atoms with E-state index >= 15 is 0 Å². The number of sulfonamides is 1. The third-order valence-electron chi connectivity index (χ3n) is 6.25. The van der Waals surface area contributed by atoms with E-state index in [1.807, 2.05) is 0 Å². The Balaban J connectivity index is 1.45. The molecule has 37 heavy (non-hydrogen) atoms. The van der Waals surface area contributed by atoms with Gasteiger partial charge in [0, 0.05) is 37.2 Å². The normalized spacial score (nSPS) is 14.0. The minimum absolute atomic E-state index is 0.0335. The molecule has 0 saturated carbocycles. The zero-order chi connectivity index (χ0) is 26.0. The van der Waals surface area contributed by atoms with Gasteiger partial charge in [-0.15, -0.1) is 0 Å². The number of nitrogens with one attached hydrogen (secondary N) is 1. The summed E-state index contributed by atoms with van der Waals surface area (Å²) in [6.07, 6.45) is 1.90. The van der Waals surface area contributed by atoms with Crippen LogP contribution in [-0.2, 0) is 14.8 Å². The molecular formula is C27H24F2N4O3S. The highest BCUT2D eigenvalue weighted by atomic mass is 32.2. The summed E-state index contributed by atoms with van der Waals surface area (Å²) in [4.78, 5) is 22.9. The van der Waals surface area contributed by atoms with Crippen molar-refractivity contribution in [3.63, 3.8) is 0 Å². The molecule has 4 aromatic rings. The lowest BCUT2D eigenvalue weighted by molar-refractivity contribution is -0.127. The van der Waals surface area contributed by atoms with Crippen molar-refractivity contribution in [1.82, 2.24) is 19.6 Å². The van der Waals surface area contributed by atoms with Crippen molar-refractivity contribution in [2.75, 3.05) is 19.6 Å². The second-order valence-corrected chi connectivity index (χ2v) is 10.6. The molecule has 0 radical (unpaired) electrons. The van der Waals surface area contributed by atoms with Crippen molar-refractivity contribution in [3.05, 3.63) is 78.4 Å².